The van der Waals surface area contributed by atoms with Crippen LogP contribution in [0.2, 0.25) is 0 Å². The van der Waals surface area contributed by atoms with Gasteiger partial charge in [0.2, 0.25) is 0 Å². The molecule has 1 heterocycles. The lowest BCUT2D eigenvalue weighted by molar-refractivity contribution is 1.00. The summed E-state index contributed by atoms with van der Waals surface area (Å²) < 4.78 is 0. The lowest BCUT2D eigenvalue weighted by atomic mass is 10.1. The van der Waals surface area contributed by atoms with Gasteiger partial charge in [-0.05, 0) is 11.6 Å². The van der Waals surface area contributed by atoms with Crippen molar-refractivity contribution in [2.75, 3.05) is 0 Å². The van der Waals surface area contributed by atoms with E-state index in [0.29, 0.717) is 0 Å². The fourth-order valence-corrected chi connectivity index (χ4v) is 2.58. The fraction of sp³-hybridized carbons (Fsp3) is 0.100. The zero-order chi connectivity index (χ0) is 8.84. The Bertz CT molecular complexity index is 440. The number of nitrogens with two attached hydrogens (primary N) is 1. The number of halogens is 1. The highest BCUT2D eigenvalue weighted by Crippen LogP contribution is 2.38. The monoisotopic (exact) mass is 316 g/mol. The van der Waals surface area contributed by atoms with Crippen molar-refractivity contribution in [3.63, 3.8) is 0 Å². The van der Waals surface area contributed by atoms with Crippen molar-refractivity contribution < 1.29 is 0 Å². The van der Waals surface area contributed by atoms with Crippen LogP contribution in [0, 0.1) is 0 Å². The van der Waals surface area contributed by atoms with Crippen molar-refractivity contribution in [2.24, 2.45) is 10.7 Å². The Kier molecular flexibility index (Phi) is 2.68. The summed E-state index contributed by atoms with van der Waals surface area (Å²) in [6.45, 7) is 0. The zero-order valence-corrected chi connectivity index (χ0v) is 10.5. The maximum absolute atomic E-state index is 5.72. The third-order valence-corrected chi connectivity index (χ3v) is 3.15. The predicted octanol–water partition coefficient (Wildman–Crippen LogP) is 2.44. The molecule has 0 fully saturated rings. The molecule has 2 aliphatic rings. The molecule has 14 heavy (non-hydrogen) atoms. The van der Waals surface area contributed by atoms with Gasteiger partial charge in [0.1, 0.15) is 5.50 Å². The molecule has 72 valence electrons. The van der Waals surface area contributed by atoms with Crippen LogP contribution in [0.25, 0.3) is 6.08 Å². The van der Waals surface area contributed by atoms with Gasteiger partial charge in [-0.2, -0.15) is 0 Å². The maximum Gasteiger partial charge on any atom is 0.149 e. The van der Waals surface area contributed by atoms with Gasteiger partial charge in [-0.1, -0.05) is 36.0 Å². The molecule has 1 aromatic rings. The van der Waals surface area contributed by atoms with Crippen LogP contribution in [0.4, 0.5) is 0 Å². The molecular formula is C10H9IN2S. The van der Waals surface area contributed by atoms with Crippen molar-refractivity contribution in [1.82, 2.24) is 0 Å². The van der Waals surface area contributed by atoms with E-state index < -0.39 is 0 Å². The van der Waals surface area contributed by atoms with Crippen LogP contribution in [0.1, 0.15) is 11.1 Å². The summed E-state index contributed by atoms with van der Waals surface area (Å²) in [7, 11) is 0. The smallest absolute Gasteiger partial charge is 0.149 e. The first-order valence-corrected chi connectivity index (χ1v) is 5.04. The Balaban J connectivity index is 0.000000750. The van der Waals surface area contributed by atoms with Crippen molar-refractivity contribution in [1.29, 1.82) is 0 Å². The molecule has 1 aliphatic heterocycles. The lowest BCUT2D eigenvalue weighted by Gasteiger charge is -1.97. The molecular weight excluding hydrogens is 307 g/mol. The summed E-state index contributed by atoms with van der Waals surface area (Å²) in [6.07, 6.45) is 2.16. The molecule has 0 radical (unpaired) electrons. The zero-order valence-electron chi connectivity index (χ0n) is 7.31. The average molecular weight is 316 g/mol. The minimum atomic E-state index is -0.102. The topological polar surface area (TPSA) is 38.4 Å². The van der Waals surface area contributed by atoms with E-state index in [2.05, 4.69) is 23.2 Å². The number of hydrogen-bond acceptors (Lipinski definition) is 3. The summed E-state index contributed by atoms with van der Waals surface area (Å²) in [5.74, 6) is 0. The molecule has 0 saturated carbocycles. The molecule has 2 nitrogen and oxygen atoms in total. The molecule has 1 aromatic carbocycles. The largest absolute Gasteiger partial charge is 0.301 e. The SMILES string of the molecule is I.NC1N=C2C(=Cc3ccccc32)S1. The highest BCUT2D eigenvalue weighted by atomic mass is 127. The van der Waals surface area contributed by atoms with E-state index in [4.69, 9.17) is 5.73 Å². The number of rotatable bonds is 0. The molecule has 0 spiro atoms. The van der Waals surface area contributed by atoms with Gasteiger partial charge in [0.25, 0.3) is 0 Å². The van der Waals surface area contributed by atoms with Crippen molar-refractivity contribution in [2.45, 2.75) is 5.50 Å². The van der Waals surface area contributed by atoms with Gasteiger partial charge in [0.15, 0.2) is 0 Å². The Hall–Kier alpha value is -0.330. The normalized spacial score (nSPS) is 21.9. The van der Waals surface area contributed by atoms with Crippen LogP contribution < -0.4 is 5.73 Å². The Labute approximate surface area is 104 Å². The standard InChI is InChI=1S/C10H8N2S.HI/c11-10-12-9-7-4-2-1-3-6(7)5-8(9)13-10;/h1-5,10H,11H2;1H. The summed E-state index contributed by atoms with van der Waals surface area (Å²) in [6, 6.07) is 8.28. The van der Waals surface area contributed by atoms with Crippen LogP contribution in [0.3, 0.4) is 0 Å². The predicted molar refractivity (Wildman–Crippen MR) is 71.9 cm³/mol. The van der Waals surface area contributed by atoms with Gasteiger partial charge in [0, 0.05) is 10.5 Å². The molecule has 1 aliphatic carbocycles. The highest BCUT2D eigenvalue weighted by Gasteiger charge is 2.27. The minimum absolute atomic E-state index is 0. The van der Waals surface area contributed by atoms with Gasteiger partial charge in [-0.25, -0.2) is 0 Å². The molecule has 1 unspecified atom stereocenters. The van der Waals surface area contributed by atoms with E-state index >= 15 is 0 Å². The molecule has 2 N–H and O–H groups in total. The summed E-state index contributed by atoms with van der Waals surface area (Å²) >= 11 is 1.63. The molecule has 0 amide bonds. The summed E-state index contributed by atoms with van der Waals surface area (Å²) in [4.78, 5) is 5.60. The minimum Gasteiger partial charge on any atom is -0.301 e. The first-order valence-electron chi connectivity index (χ1n) is 4.16. The number of allylic oxidation sites excluding steroid dienone is 1. The van der Waals surface area contributed by atoms with Gasteiger partial charge in [-0.15, -0.1) is 24.0 Å². The number of aliphatic imine (C=N–C) groups is 1. The van der Waals surface area contributed by atoms with E-state index in [1.54, 1.807) is 11.8 Å². The fourth-order valence-electron chi connectivity index (χ4n) is 1.69. The van der Waals surface area contributed by atoms with Crippen molar-refractivity contribution in [3.05, 3.63) is 40.3 Å². The van der Waals surface area contributed by atoms with Crippen molar-refractivity contribution >= 4 is 47.5 Å². The van der Waals surface area contributed by atoms with Gasteiger partial charge < -0.3 is 5.73 Å². The van der Waals surface area contributed by atoms with E-state index in [-0.39, 0.29) is 29.5 Å². The molecule has 0 bridgehead atoms. The summed E-state index contributed by atoms with van der Waals surface area (Å²) in [5.41, 5.74) is 9.17. The average Bonchev–Trinajstić information content (AvgIpc) is 2.60. The van der Waals surface area contributed by atoms with Gasteiger partial charge in [-0.3, -0.25) is 4.99 Å². The second-order valence-corrected chi connectivity index (χ2v) is 4.24. The third-order valence-electron chi connectivity index (χ3n) is 2.24. The van der Waals surface area contributed by atoms with E-state index in [1.807, 2.05) is 12.1 Å². The van der Waals surface area contributed by atoms with Gasteiger partial charge >= 0.3 is 0 Å². The van der Waals surface area contributed by atoms with E-state index in [0.717, 1.165) is 5.71 Å². The molecule has 4 heteroatoms. The Morgan fingerprint density at radius 2 is 2.07 bits per heavy atom. The van der Waals surface area contributed by atoms with Crippen LogP contribution in [-0.4, -0.2) is 11.2 Å². The Morgan fingerprint density at radius 1 is 1.29 bits per heavy atom. The number of nitrogens with zero attached hydrogens (tertiary/aromatic N) is 1. The first-order chi connectivity index (χ1) is 6.34. The Morgan fingerprint density at radius 3 is 2.93 bits per heavy atom. The second kappa shape index (κ2) is 3.67. The van der Waals surface area contributed by atoms with Crippen LogP contribution in [-0.2, 0) is 0 Å². The maximum atomic E-state index is 5.72. The number of hydrogen-bond donors (Lipinski definition) is 1. The van der Waals surface area contributed by atoms with Crippen LogP contribution >= 0.6 is 35.7 Å². The van der Waals surface area contributed by atoms with Gasteiger partial charge in [0.05, 0.1) is 5.71 Å². The lowest BCUT2D eigenvalue weighted by Crippen LogP contribution is -2.08. The van der Waals surface area contributed by atoms with Crippen LogP contribution in [0.15, 0.2) is 34.2 Å². The highest BCUT2D eigenvalue weighted by molar-refractivity contribution is 14.0. The number of thioether (sulfide) groups is 1. The second-order valence-electron chi connectivity index (χ2n) is 3.08. The summed E-state index contributed by atoms with van der Waals surface area (Å²) in [5, 5.41) is 0. The van der Waals surface area contributed by atoms with E-state index in [9.17, 15) is 0 Å². The molecule has 3 rings (SSSR count). The number of fused-ring (bicyclic) bond motifs is 3. The molecule has 0 saturated heterocycles. The molecule has 1 atom stereocenters. The van der Waals surface area contributed by atoms with Crippen LogP contribution in [0.5, 0.6) is 0 Å². The molecule has 0 aromatic heterocycles. The first kappa shape index (κ1) is 10.2. The number of benzene rings is 1. The van der Waals surface area contributed by atoms with Crippen molar-refractivity contribution in [3.8, 4) is 0 Å². The van der Waals surface area contributed by atoms with E-state index in [1.165, 1.54) is 16.0 Å². The quantitative estimate of drug-likeness (QED) is 0.747. The third kappa shape index (κ3) is 1.41.